The number of amides is 1. The van der Waals surface area contributed by atoms with Crippen molar-refractivity contribution in [2.24, 2.45) is 11.8 Å². The van der Waals surface area contributed by atoms with Gasteiger partial charge in [0, 0.05) is 0 Å². The van der Waals surface area contributed by atoms with Crippen molar-refractivity contribution >= 4 is 19.5 Å². The summed E-state index contributed by atoms with van der Waals surface area (Å²) in [7, 11) is -4.42. The van der Waals surface area contributed by atoms with E-state index in [1.54, 1.807) is 30.3 Å². The Morgan fingerprint density at radius 3 is 2.21 bits per heavy atom. The van der Waals surface area contributed by atoms with Crippen LogP contribution in [0.3, 0.4) is 0 Å². The first-order valence-electron chi connectivity index (χ1n) is 7.70. The van der Waals surface area contributed by atoms with Crippen LogP contribution in [0.15, 0.2) is 30.3 Å². The van der Waals surface area contributed by atoms with Crippen LogP contribution in [-0.2, 0) is 20.6 Å². The van der Waals surface area contributed by atoms with Gasteiger partial charge in [-0.25, -0.2) is 4.79 Å². The molecule has 1 aromatic carbocycles. The van der Waals surface area contributed by atoms with Gasteiger partial charge in [-0.2, -0.15) is 0 Å². The molecular formula is C16H24NO6P. The summed E-state index contributed by atoms with van der Waals surface area (Å²) in [5.41, 5.74) is 0.752. The molecule has 1 aromatic rings. The van der Waals surface area contributed by atoms with Crippen LogP contribution in [0.25, 0.3) is 0 Å². The lowest BCUT2D eigenvalue weighted by Crippen LogP contribution is -2.45. The van der Waals surface area contributed by atoms with Crippen molar-refractivity contribution in [3.63, 3.8) is 0 Å². The summed E-state index contributed by atoms with van der Waals surface area (Å²) in [6, 6.07) is 7.75. The minimum atomic E-state index is -4.42. The minimum absolute atomic E-state index is 0.0563. The zero-order chi connectivity index (χ0) is 18.3. The standard InChI is InChI=1S/C16H24NO6P/c1-11(2)8-14(16(19)20)17-15(18)13(10-24(21,22)23)9-12-6-4-3-5-7-12/h3-7,11,13-14H,8-10H2,1-2H3,(H,17,18)(H,19,20)(H2,21,22,23). The topological polar surface area (TPSA) is 124 Å². The maximum absolute atomic E-state index is 12.4. The quantitative estimate of drug-likeness (QED) is 0.498. The summed E-state index contributed by atoms with van der Waals surface area (Å²) in [6.07, 6.45) is -0.247. The van der Waals surface area contributed by atoms with Crippen molar-refractivity contribution < 1.29 is 29.0 Å². The van der Waals surface area contributed by atoms with Gasteiger partial charge in [0.05, 0.1) is 12.1 Å². The molecule has 1 rings (SSSR count). The van der Waals surface area contributed by atoms with E-state index in [0.717, 1.165) is 5.56 Å². The van der Waals surface area contributed by atoms with Crippen LogP contribution < -0.4 is 5.32 Å². The fraction of sp³-hybridized carbons (Fsp3) is 0.500. The van der Waals surface area contributed by atoms with Gasteiger partial charge in [-0.3, -0.25) is 9.36 Å². The lowest BCUT2D eigenvalue weighted by atomic mass is 9.98. The molecule has 2 unspecified atom stereocenters. The third-order valence-electron chi connectivity index (χ3n) is 3.48. The Morgan fingerprint density at radius 1 is 1.17 bits per heavy atom. The van der Waals surface area contributed by atoms with Crippen molar-refractivity contribution in [3.8, 4) is 0 Å². The molecule has 7 nitrogen and oxygen atoms in total. The van der Waals surface area contributed by atoms with Crippen molar-refractivity contribution in [3.05, 3.63) is 35.9 Å². The van der Waals surface area contributed by atoms with Gasteiger partial charge in [0.15, 0.2) is 0 Å². The molecule has 0 fully saturated rings. The molecule has 0 aliphatic carbocycles. The molecule has 0 aliphatic heterocycles. The van der Waals surface area contributed by atoms with Crippen molar-refractivity contribution in [2.45, 2.75) is 32.7 Å². The van der Waals surface area contributed by atoms with E-state index in [0.29, 0.717) is 0 Å². The number of rotatable bonds is 9. The Labute approximate surface area is 141 Å². The minimum Gasteiger partial charge on any atom is -0.480 e. The van der Waals surface area contributed by atoms with Crippen molar-refractivity contribution in [1.29, 1.82) is 0 Å². The highest BCUT2D eigenvalue weighted by molar-refractivity contribution is 7.51. The summed E-state index contributed by atoms with van der Waals surface area (Å²) in [6.45, 7) is 3.67. The lowest BCUT2D eigenvalue weighted by molar-refractivity contribution is -0.142. The molecule has 2 atom stereocenters. The van der Waals surface area contributed by atoms with Crippen LogP contribution in [0.2, 0.25) is 0 Å². The number of nitrogens with one attached hydrogen (secondary N) is 1. The monoisotopic (exact) mass is 357 g/mol. The van der Waals surface area contributed by atoms with Gasteiger partial charge in [0.2, 0.25) is 5.91 Å². The van der Waals surface area contributed by atoms with Gasteiger partial charge in [-0.15, -0.1) is 0 Å². The highest BCUT2D eigenvalue weighted by Gasteiger charge is 2.30. The zero-order valence-corrected chi connectivity index (χ0v) is 14.6. The van der Waals surface area contributed by atoms with E-state index in [2.05, 4.69) is 5.32 Å². The van der Waals surface area contributed by atoms with E-state index >= 15 is 0 Å². The Balaban J connectivity index is 2.90. The average Bonchev–Trinajstić information content (AvgIpc) is 2.45. The molecular weight excluding hydrogens is 333 g/mol. The molecule has 0 aromatic heterocycles. The summed E-state index contributed by atoms with van der Waals surface area (Å²) in [4.78, 5) is 42.1. The maximum Gasteiger partial charge on any atom is 0.326 e. The van der Waals surface area contributed by atoms with E-state index < -0.39 is 37.6 Å². The molecule has 24 heavy (non-hydrogen) atoms. The predicted octanol–water partition coefficient (Wildman–Crippen LogP) is 1.64. The molecule has 0 spiro atoms. The Hall–Kier alpha value is -1.69. The maximum atomic E-state index is 12.4. The SMILES string of the molecule is CC(C)CC(NC(=O)C(Cc1ccccc1)CP(=O)(O)O)C(=O)O. The Kier molecular flexibility index (Phi) is 7.60. The smallest absolute Gasteiger partial charge is 0.326 e. The van der Waals surface area contributed by atoms with E-state index in [9.17, 15) is 29.0 Å². The Morgan fingerprint density at radius 2 is 1.75 bits per heavy atom. The van der Waals surface area contributed by atoms with Crippen LogP contribution in [0.5, 0.6) is 0 Å². The number of hydrogen-bond acceptors (Lipinski definition) is 3. The van der Waals surface area contributed by atoms with Crippen molar-refractivity contribution in [1.82, 2.24) is 5.32 Å². The molecule has 134 valence electrons. The molecule has 0 radical (unpaired) electrons. The second-order valence-electron chi connectivity index (χ2n) is 6.26. The molecule has 0 bridgehead atoms. The summed E-state index contributed by atoms with van der Waals surface area (Å²) >= 11 is 0. The van der Waals surface area contributed by atoms with E-state index in [1.165, 1.54) is 0 Å². The Bertz CT molecular complexity index is 598. The zero-order valence-electron chi connectivity index (χ0n) is 13.8. The number of carboxylic acids is 1. The number of hydrogen-bond donors (Lipinski definition) is 4. The molecule has 8 heteroatoms. The second kappa shape index (κ2) is 8.97. The summed E-state index contributed by atoms with van der Waals surface area (Å²) in [5.74, 6) is -2.76. The van der Waals surface area contributed by atoms with Gasteiger partial charge in [0.1, 0.15) is 6.04 Å². The number of carbonyl (C=O) groups excluding carboxylic acids is 1. The van der Waals surface area contributed by atoms with Crippen LogP contribution >= 0.6 is 7.60 Å². The number of carboxylic acid groups (broad SMARTS) is 1. The van der Waals surface area contributed by atoms with Gasteiger partial charge in [0.25, 0.3) is 0 Å². The normalized spacial score (nSPS) is 14.2. The predicted molar refractivity (Wildman–Crippen MR) is 89.6 cm³/mol. The lowest BCUT2D eigenvalue weighted by Gasteiger charge is -2.22. The van der Waals surface area contributed by atoms with Gasteiger partial charge in [-0.05, 0) is 24.3 Å². The largest absolute Gasteiger partial charge is 0.480 e. The van der Waals surface area contributed by atoms with Gasteiger partial charge < -0.3 is 20.2 Å². The molecule has 4 N–H and O–H groups in total. The van der Waals surface area contributed by atoms with Crippen LogP contribution in [0.4, 0.5) is 0 Å². The number of aliphatic carboxylic acids is 1. The van der Waals surface area contributed by atoms with Gasteiger partial charge >= 0.3 is 13.6 Å². The molecule has 0 saturated carbocycles. The number of benzene rings is 1. The first kappa shape index (κ1) is 20.4. The third-order valence-corrected chi connectivity index (χ3v) is 4.39. The van der Waals surface area contributed by atoms with Crippen LogP contribution in [0, 0.1) is 11.8 Å². The number of carbonyl (C=O) groups is 2. The fourth-order valence-electron chi connectivity index (χ4n) is 2.41. The summed E-state index contributed by atoms with van der Waals surface area (Å²) in [5, 5.41) is 11.6. The van der Waals surface area contributed by atoms with Crippen LogP contribution in [-0.4, -0.2) is 39.0 Å². The molecule has 0 saturated heterocycles. The van der Waals surface area contributed by atoms with Crippen molar-refractivity contribution in [2.75, 3.05) is 6.16 Å². The fourth-order valence-corrected chi connectivity index (χ4v) is 3.28. The first-order chi connectivity index (χ1) is 11.1. The third kappa shape index (κ3) is 7.73. The molecule has 0 aliphatic rings. The average molecular weight is 357 g/mol. The van der Waals surface area contributed by atoms with E-state index in [4.69, 9.17) is 0 Å². The second-order valence-corrected chi connectivity index (χ2v) is 7.96. The van der Waals surface area contributed by atoms with E-state index in [1.807, 2.05) is 13.8 Å². The van der Waals surface area contributed by atoms with E-state index in [-0.39, 0.29) is 18.8 Å². The highest BCUT2D eigenvalue weighted by Crippen LogP contribution is 2.37. The summed E-state index contributed by atoms with van der Waals surface area (Å²) < 4.78 is 11.3. The molecule has 0 heterocycles. The highest BCUT2D eigenvalue weighted by atomic mass is 31.2. The first-order valence-corrected chi connectivity index (χ1v) is 9.50. The molecule has 1 amide bonds. The van der Waals surface area contributed by atoms with Gasteiger partial charge in [-0.1, -0.05) is 44.2 Å². The van der Waals surface area contributed by atoms with Crippen LogP contribution in [0.1, 0.15) is 25.8 Å².